The highest BCUT2D eigenvalue weighted by atomic mass is 32.2. The summed E-state index contributed by atoms with van der Waals surface area (Å²) in [5.41, 5.74) is 3.16. The Labute approximate surface area is 124 Å². The molecule has 0 fully saturated rings. The fraction of sp³-hybridized carbons (Fsp3) is 0.235. The van der Waals surface area contributed by atoms with E-state index in [0.29, 0.717) is 6.42 Å². The van der Waals surface area contributed by atoms with E-state index >= 15 is 0 Å². The van der Waals surface area contributed by atoms with Crippen LogP contribution < -0.4 is 0 Å². The number of hydrogen-bond acceptors (Lipinski definition) is 3. The molecular weight excluding hydrogens is 266 g/mol. The lowest BCUT2D eigenvalue weighted by molar-refractivity contribution is 0.280. The van der Waals surface area contributed by atoms with Gasteiger partial charge in [-0.3, -0.25) is 0 Å². The molecule has 0 bridgehead atoms. The van der Waals surface area contributed by atoms with Gasteiger partial charge >= 0.3 is 0 Å². The molecule has 0 saturated carbocycles. The number of benzene rings is 2. The van der Waals surface area contributed by atoms with Crippen molar-refractivity contribution in [2.75, 3.05) is 0 Å². The number of aliphatic hydroxyl groups excluding tert-OH is 1. The van der Waals surface area contributed by atoms with Crippen molar-refractivity contribution in [1.29, 1.82) is 5.26 Å². The number of aliphatic hydroxyl groups is 1. The molecule has 2 aromatic carbocycles. The predicted molar refractivity (Wildman–Crippen MR) is 82.5 cm³/mol. The number of rotatable bonds is 5. The molecule has 20 heavy (non-hydrogen) atoms. The molecular formula is C17H17NOS. The first kappa shape index (κ1) is 14.6. The molecule has 0 spiro atoms. The molecule has 0 aliphatic heterocycles. The topological polar surface area (TPSA) is 44.0 Å². The number of hydrogen-bond donors (Lipinski definition) is 1. The van der Waals surface area contributed by atoms with Crippen LogP contribution >= 0.6 is 11.8 Å². The third-order valence-electron chi connectivity index (χ3n) is 3.14. The summed E-state index contributed by atoms with van der Waals surface area (Å²) in [5, 5.41) is 18.5. The van der Waals surface area contributed by atoms with Crippen molar-refractivity contribution in [2.24, 2.45) is 0 Å². The van der Waals surface area contributed by atoms with Gasteiger partial charge < -0.3 is 5.11 Å². The monoisotopic (exact) mass is 283 g/mol. The molecule has 2 nitrogen and oxygen atoms in total. The Hall–Kier alpha value is -1.76. The molecule has 0 amide bonds. The highest BCUT2D eigenvalue weighted by Gasteiger charge is 2.12. The van der Waals surface area contributed by atoms with Crippen LogP contribution in [0.2, 0.25) is 0 Å². The second kappa shape index (κ2) is 7.14. The normalized spacial score (nSPS) is 11.8. The van der Waals surface area contributed by atoms with Gasteiger partial charge in [-0.05, 0) is 36.6 Å². The molecule has 0 aliphatic rings. The lowest BCUT2D eigenvalue weighted by Crippen LogP contribution is -2.06. The van der Waals surface area contributed by atoms with E-state index in [1.54, 1.807) is 11.8 Å². The van der Waals surface area contributed by atoms with Crippen LogP contribution in [-0.2, 0) is 13.0 Å². The number of nitrogens with zero attached hydrogens (tertiary/aromatic N) is 1. The van der Waals surface area contributed by atoms with E-state index < -0.39 is 0 Å². The fourth-order valence-electron chi connectivity index (χ4n) is 2.01. The summed E-state index contributed by atoms with van der Waals surface area (Å²) in [4.78, 5) is 1.10. The van der Waals surface area contributed by atoms with Crippen LogP contribution in [0.1, 0.15) is 16.7 Å². The first-order valence-electron chi connectivity index (χ1n) is 6.53. The second-order valence-corrected chi connectivity index (χ2v) is 5.96. The van der Waals surface area contributed by atoms with E-state index in [9.17, 15) is 10.4 Å². The van der Waals surface area contributed by atoms with Crippen molar-refractivity contribution in [1.82, 2.24) is 0 Å². The highest BCUT2D eigenvalue weighted by molar-refractivity contribution is 8.00. The highest BCUT2D eigenvalue weighted by Crippen LogP contribution is 2.26. The minimum absolute atomic E-state index is 0.0174. The molecule has 1 atom stereocenters. The van der Waals surface area contributed by atoms with Gasteiger partial charge in [0.2, 0.25) is 0 Å². The maximum absolute atomic E-state index is 9.33. The summed E-state index contributed by atoms with van der Waals surface area (Å²) in [6.45, 7) is 2.07. The molecule has 0 radical (unpaired) electrons. The van der Waals surface area contributed by atoms with Crippen LogP contribution in [0.3, 0.4) is 0 Å². The van der Waals surface area contributed by atoms with E-state index in [1.165, 1.54) is 5.56 Å². The molecule has 0 saturated heterocycles. The first-order valence-corrected chi connectivity index (χ1v) is 7.41. The van der Waals surface area contributed by atoms with Crippen molar-refractivity contribution in [2.45, 2.75) is 30.1 Å². The average Bonchev–Trinajstić information content (AvgIpc) is 2.49. The second-order valence-electron chi connectivity index (χ2n) is 4.68. The van der Waals surface area contributed by atoms with E-state index in [2.05, 4.69) is 18.2 Å². The average molecular weight is 283 g/mol. The van der Waals surface area contributed by atoms with E-state index in [4.69, 9.17) is 0 Å². The Kier molecular flexibility index (Phi) is 5.23. The number of nitriles is 1. The first-order chi connectivity index (χ1) is 9.72. The zero-order chi connectivity index (χ0) is 14.4. The smallest absolute Gasteiger partial charge is 0.100 e. The van der Waals surface area contributed by atoms with Crippen molar-refractivity contribution in [3.8, 4) is 6.07 Å². The lowest BCUT2D eigenvalue weighted by atomic mass is 10.0. The zero-order valence-corrected chi connectivity index (χ0v) is 12.2. The van der Waals surface area contributed by atoms with Crippen molar-refractivity contribution in [3.05, 3.63) is 65.2 Å². The largest absolute Gasteiger partial charge is 0.392 e. The summed E-state index contributed by atoms with van der Waals surface area (Å²) in [6.07, 6.45) is 0.645. The summed E-state index contributed by atoms with van der Waals surface area (Å²) in [6, 6.07) is 18.3. The van der Waals surface area contributed by atoms with Gasteiger partial charge in [0.1, 0.15) is 5.25 Å². The van der Waals surface area contributed by atoms with Gasteiger partial charge in [-0.1, -0.05) is 42.0 Å². The van der Waals surface area contributed by atoms with Gasteiger partial charge in [0.25, 0.3) is 0 Å². The lowest BCUT2D eigenvalue weighted by Gasteiger charge is -2.12. The molecule has 102 valence electrons. The zero-order valence-electron chi connectivity index (χ0n) is 11.4. The van der Waals surface area contributed by atoms with Gasteiger partial charge in [-0.25, -0.2) is 0 Å². The van der Waals surface area contributed by atoms with Crippen LogP contribution in [0.25, 0.3) is 0 Å². The van der Waals surface area contributed by atoms with E-state index in [1.807, 2.05) is 43.3 Å². The molecule has 0 aliphatic carbocycles. The number of aryl methyl sites for hydroxylation is 1. The van der Waals surface area contributed by atoms with Crippen LogP contribution in [-0.4, -0.2) is 10.4 Å². The maximum Gasteiger partial charge on any atom is 0.100 e. The van der Waals surface area contributed by atoms with E-state index in [0.717, 1.165) is 16.0 Å². The quantitative estimate of drug-likeness (QED) is 0.851. The minimum Gasteiger partial charge on any atom is -0.392 e. The Bertz CT molecular complexity index is 601. The van der Waals surface area contributed by atoms with Gasteiger partial charge in [-0.15, -0.1) is 11.8 Å². The molecule has 0 heterocycles. The van der Waals surface area contributed by atoms with Crippen LogP contribution in [0, 0.1) is 18.3 Å². The fourth-order valence-corrected chi connectivity index (χ4v) is 2.94. The Morgan fingerprint density at radius 1 is 1.10 bits per heavy atom. The number of thioether (sulfide) groups is 1. The van der Waals surface area contributed by atoms with E-state index in [-0.39, 0.29) is 11.9 Å². The van der Waals surface area contributed by atoms with Crippen LogP contribution in [0.15, 0.2) is 53.4 Å². The van der Waals surface area contributed by atoms with Crippen molar-refractivity contribution >= 4 is 11.8 Å². The van der Waals surface area contributed by atoms with Gasteiger partial charge in [-0.2, -0.15) is 5.26 Å². The minimum atomic E-state index is -0.148. The molecule has 0 aromatic heterocycles. The van der Waals surface area contributed by atoms with Crippen LogP contribution in [0.4, 0.5) is 0 Å². The molecule has 2 rings (SSSR count). The summed E-state index contributed by atoms with van der Waals surface area (Å²) in [5.74, 6) is 0. The third-order valence-corrected chi connectivity index (χ3v) is 4.24. The summed E-state index contributed by atoms with van der Waals surface area (Å²) in [7, 11) is 0. The van der Waals surface area contributed by atoms with Gasteiger partial charge in [0, 0.05) is 4.90 Å². The Morgan fingerprint density at radius 2 is 1.75 bits per heavy atom. The Balaban J connectivity index is 2.09. The molecule has 3 heteroatoms. The van der Waals surface area contributed by atoms with Crippen molar-refractivity contribution in [3.63, 3.8) is 0 Å². The van der Waals surface area contributed by atoms with Gasteiger partial charge in [0.15, 0.2) is 0 Å². The molecule has 2 aromatic rings. The summed E-state index contributed by atoms with van der Waals surface area (Å²) < 4.78 is 0. The van der Waals surface area contributed by atoms with Crippen molar-refractivity contribution < 1.29 is 5.11 Å². The maximum atomic E-state index is 9.33. The molecule has 1 unspecified atom stereocenters. The standard InChI is InChI=1S/C17H17NOS/c1-13-6-8-16(9-7-13)20-17(11-18)10-14-4-2-3-5-15(14)12-19/h2-9,17,19H,10,12H2,1H3. The molecule has 1 N–H and O–H groups in total. The SMILES string of the molecule is Cc1ccc(SC(C#N)Cc2ccccc2CO)cc1. The van der Waals surface area contributed by atoms with Crippen LogP contribution in [0.5, 0.6) is 0 Å². The predicted octanol–water partition coefficient (Wildman–Crippen LogP) is 3.71. The summed E-state index contributed by atoms with van der Waals surface area (Å²) >= 11 is 1.57. The van der Waals surface area contributed by atoms with Gasteiger partial charge in [0.05, 0.1) is 12.7 Å². The third kappa shape index (κ3) is 3.86. The Morgan fingerprint density at radius 3 is 2.35 bits per heavy atom.